The van der Waals surface area contributed by atoms with Crippen molar-refractivity contribution in [3.05, 3.63) is 73.9 Å². The molecule has 0 aliphatic carbocycles. The van der Waals surface area contributed by atoms with E-state index in [4.69, 9.17) is 16.3 Å². The second-order valence-electron chi connectivity index (χ2n) is 5.52. The summed E-state index contributed by atoms with van der Waals surface area (Å²) in [6.45, 7) is 1.61. The first kappa shape index (κ1) is 17.0. The number of nitrogens with zero attached hydrogens (tertiary/aromatic N) is 1. The van der Waals surface area contributed by atoms with Crippen LogP contribution in [-0.4, -0.2) is 22.1 Å². The fourth-order valence-electron chi connectivity index (χ4n) is 2.63. The average Bonchev–Trinajstić information content (AvgIpc) is 2.54. The van der Waals surface area contributed by atoms with Gasteiger partial charge >= 0.3 is 11.7 Å². The standard InChI is InChI=1S/C18H15ClN2O4/c1-11(22)25-8-7-12-3-2-4-14(9-12)21-16-10-13(19)5-6-15(16)17(23)20-18(21)24/h2-6,9-10H,7-8H2,1H3,(H,20,23,24). The molecule has 7 heteroatoms. The molecule has 0 radical (unpaired) electrons. The van der Waals surface area contributed by atoms with Gasteiger partial charge in [-0.25, -0.2) is 4.79 Å². The number of nitrogens with one attached hydrogen (secondary N) is 1. The summed E-state index contributed by atoms with van der Waals surface area (Å²) in [7, 11) is 0. The summed E-state index contributed by atoms with van der Waals surface area (Å²) in [6, 6.07) is 12.0. The molecule has 2 aromatic carbocycles. The first-order valence-electron chi connectivity index (χ1n) is 7.63. The monoisotopic (exact) mass is 358 g/mol. The molecule has 0 fully saturated rings. The minimum Gasteiger partial charge on any atom is -0.466 e. The van der Waals surface area contributed by atoms with E-state index in [1.165, 1.54) is 11.5 Å². The maximum absolute atomic E-state index is 12.4. The molecular weight excluding hydrogens is 344 g/mol. The third-order valence-corrected chi connectivity index (χ3v) is 3.97. The highest BCUT2D eigenvalue weighted by Gasteiger charge is 2.10. The highest BCUT2D eigenvalue weighted by Crippen LogP contribution is 2.19. The molecule has 0 amide bonds. The zero-order chi connectivity index (χ0) is 18.0. The number of carbonyl (C=O) groups excluding carboxylic acids is 1. The number of carbonyl (C=O) groups is 1. The van der Waals surface area contributed by atoms with E-state index in [9.17, 15) is 14.4 Å². The molecule has 0 bridgehead atoms. The van der Waals surface area contributed by atoms with Gasteiger partial charge in [-0.3, -0.25) is 19.1 Å². The van der Waals surface area contributed by atoms with Crippen molar-refractivity contribution in [1.29, 1.82) is 0 Å². The molecule has 1 N–H and O–H groups in total. The number of hydrogen-bond acceptors (Lipinski definition) is 4. The number of esters is 1. The van der Waals surface area contributed by atoms with Crippen molar-refractivity contribution >= 4 is 28.5 Å². The van der Waals surface area contributed by atoms with Crippen molar-refractivity contribution in [2.24, 2.45) is 0 Å². The van der Waals surface area contributed by atoms with Gasteiger partial charge in [-0.2, -0.15) is 0 Å². The van der Waals surface area contributed by atoms with Crippen LogP contribution in [-0.2, 0) is 16.0 Å². The molecule has 1 aromatic heterocycles. The van der Waals surface area contributed by atoms with E-state index < -0.39 is 11.2 Å². The van der Waals surface area contributed by atoms with Gasteiger partial charge in [0.25, 0.3) is 5.56 Å². The van der Waals surface area contributed by atoms with Crippen molar-refractivity contribution in [3.63, 3.8) is 0 Å². The van der Waals surface area contributed by atoms with Crippen LogP contribution >= 0.6 is 11.6 Å². The summed E-state index contributed by atoms with van der Waals surface area (Å²) in [5, 5.41) is 0.798. The third kappa shape index (κ3) is 3.64. The Bertz CT molecular complexity index is 1070. The zero-order valence-electron chi connectivity index (χ0n) is 13.4. The maximum atomic E-state index is 12.4. The van der Waals surface area contributed by atoms with E-state index in [1.54, 1.807) is 30.3 Å². The van der Waals surface area contributed by atoms with Gasteiger partial charge in [0, 0.05) is 18.4 Å². The number of aromatic amines is 1. The van der Waals surface area contributed by atoms with E-state index >= 15 is 0 Å². The molecule has 0 aliphatic rings. The minimum absolute atomic E-state index is 0.256. The molecule has 0 atom stereocenters. The Morgan fingerprint density at radius 2 is 2.00 bits per heavy atom. The largest absolute Gasteiger partial charge is 0.466 e. The van der Waals surface area contributed by atoms with Crippen LogP contribution in [0.4, 0.5) is 0 Å². The van der Waals surface area contributed by atoms with Gasteiger partial charge in [-0.05, 0) is 35.9 Å². The first-order valence-corrected chi connectivity index (χ1v) is 8.01. The molecule has 0 unspecified atom stereocenters. The molecule has 0 aliphatic heterocycles. The Morgan fingerprint density at radius 3 is 2.76 bits per heavy atom. The molecule has 128 valence electrons. The summed E-state index contributed by atoms with van der Waals surface area (Å²) in [6.07, 6.45) is 0.518. The van der Waals surface area contributed by atoms with Crippen LogP contribution in [0.3, 0.4) is 0 Å². The number of ether oxygens (including phenoxy) is 1. The van der Waals surface area contributed by atoms with Crippen molar-refractivity contribution in [1.82, 2.24) is 9.55 Å². The highest BCUT2D eigenvalue weighted by molar-refractivity contribution is 6.31. The molecule has 6 nitrogen and oxygen atoms in total. The van der Waals surface area contributed by atoms with Crippen LogP contribution in [0.15, 0.2) is 52.1 Å². The van der Waals surface area contributed by atoms with Gasteiger partial charge in [0.05, 0.1) is 23.2 Å². The minimum atomic E-state index is -0.545. The van der Waals surface area contributed by atoms with Gasteiger partial charge in [0.2, 0.25) is 0 Å². The normalized spacial score (nSPS) is 10.8. The van der Waals surface area contributed by atoms with Crippen LogP contribution in [0.25, 0.3) is 16.6 Å². The van der Waals surface area contributed by atoms with Gasteiger partial charge in [-0.1, -0.05) is 23.7 Å². The van der Waals surface area contributed by atoms with E-state index in [1.807, 2.05) is 12.1 Å². The van der Waals surface area contributed by atoms with Crippen LogP contribution in [0.1, 0.15) is 12.5 Å². The number of fused-ring (bicyclic) bond motifs is 1. The fourth-order valence-corrected chi connectivity index (χ4v) is 2.80. The predicted molar refractivity (Wildman–Crippen MR) is 95.5 cm³/mol. The van der Waals surface area contributed by atoms with Gasteiger partial charge in [-0.15, -0.1) is 0 Å². The smallest absolute Gasteiger partial charge is 0.333 e. The van der Waals surface area contributed by atoms with E-state index in [-0.39, 0.29) is 12.6 Å². The number of aromatic nitrogens is 2. The molecule has 0 spiro atoms. The SMILES string of the molecule is CC(=O)OCCc1cccc(-n2c(=O)[nH]c(=O)c3ccc(Cl)cc32)c1. The number of rotatable bonds is 4. The molecule has 3 aromatic rings. The van der Waals surface area contributed by atoms with E-state index in [0.29, 0.717) is 28.0 Å². The van der Waals surface area contributed by atoms with Gasteiger partial charge < -0.3 is 4.74 Å². The number of hydrogen-bond donors (Lipinski definition) is 1. The first-order chi connectivity index (χ1) is 12.0. The summed E-state index contributed by atoms with van der Waals surface area (Å²) in [5.41, 5.74) is 0.912. The van der Waals surface area contributed by atoms with Crippen LogP contribution in [0.5, 0.6) is 0 Å². The lowest BCUT2D eigenvalue weighted by Gasteiger charge is -2.11. The molecule has 0 saturated carbocycles. The lowest BCUT2D eigenvalue weighted by molar-refractivity contribution is -0.140. The second kappa shape index (κ2) is 6.94. The van der Waals surface area contributed by atoms with Crippen LogP contribution in [0, 0.1) is 0 Å². The lowest BCUT2D eigenvalue weighted by atomic mass is 10.1. The molecule has 1 heterocycles. The Kier molecular flexibility index (Phi) is 4.72. The van der Waals surface area contributed by atoms with Crippen molar-refractivity contribution in [2.45, 2.75) is 13.3 Å². The Hall–Kier alpha value is -2.86. The zero-order valence-corrected chi connectivity index (χ0v) is 14.2. The average molecular weight is 359 g/mol. The third-order valence-electron chi connectivity index (χ3n) is 3.73. The lowest BCUT2D eigenvalue weighted by Crippen LogP contribution is -2.29. The topological polar surface area (TPSA) is 81.2 Å². The number of benzene rings is 2. The summed E-state index contributed by atoms with van der Waals surface area (Å²) < 4.78 is 6.35. The molecule has 0 saturated heterocycles. The van der Waals surface area contributed by atoms with E-state index in [2.05, 4.69) is 4.98 Å². The summed E-state index contributed by atoms with van der Waals surface area (Å²) >= 11 is 6.04. The van der Waals surface area contributed by atoms with E-state index in [0.717, 1.165) is 5.56 Å². The van der Waals surface area contributed by atoms with Crippen molar-refractivity contribution in [3.8, 4) is 5.69 Å². The predicted octanol–water partition coefficient (Wildman–Crippen LogP) is 2.44. The number of H-pyrrole nitrogens is 1. The summed E-state index contributed by atoms with van der Waals surface area (Å²) in [4.78, 5) is 37.6. The van der Waals surface area contributed by atoms with Gasteiger partial charge in [0.15, 0.2) is 0 Å². The Morgan fingerprint density at radius 1 is 1.20 bits per heavy atom. The maximum Gasteiger partial charge on any atom is 0.333 e. The fraction of sp³-hybridized carbons (Fsp3) is 0.167. The van der Waals surface area contributed by atoms with Crippen LogP contribution in [0.2, 0.25) is 5.02 Å². The Labute approximate surface area is 147 Å². The van der Waals surface area contributed by atoms with Gasteiger partial charge in [0.1, 0.15) is 0 Å². The quantitative estimate of drug-likeness (QED) is 0.726. The van der Waals surface area contributed by atoms with Crippen molar-refractivity contribution < 1.29 is 9.53 Å². The molecule has 3 rings (SSSR count). The molecule has 25 heavy (non-hydrogen) atoms. The van der Waals surface area contributed by atoms with Crippen molar-refractivity contribution in [2.75, 3.05) is 6.61 Å². The Balaban J connectivity index is 2.10. The molecular formula is C18H15ClN2O4. The number of halogens is 1. The highest BCUT2D eigenvalue weighted by atomic mass is 35.5. The summed E-state index contributed by atoms with van der Waals surface area (Å²) in [5.74, 6) is -0.339. The second-order valence-corrected chi connectivity index (χ2v) is 5.95. The van der Waals surface area contributed by atoms with Crippen LogP contribution < -0.4 is 11.2 Å².